The summed E-state index contributed by atoms with van der Waals surface area (Å²) in [7, 11) is 0. The third-order valence-corrected chi connectivity index (χ3v) is 3.66. The number of para-hydroxylation sites is 1. The number of carbonyl (C=O) groups excluding carboxylic acids is 1. The van der Waals surface area contributed by atoms with Crippen LogP contribution >= 0.6 is 0 Å². The van der Waals surface area contributed by atoms with Crippen molar-refractivity contribution in [1.29, 1.82) is 0 Å². The van der Waals surface area contributed by atoms with Gasteiger partial charge in [-0.25, -0.2) is 0 Å². The normalized spacial score (nSPS) is 17.1. The van der Waals surface area contributed by atoms with Crippen molar-refractivity contribution >= 4 is 11.6 Å². The number of hydrogen-bond donors (Lipinski definition) is 1. The highest BCUT2D eigenvalue weighted by Crippen LogP contribution is 2.35. The van der Waals surface area contributed by atoms with Crippen LogP contribution < -0.4 is 10.5 Å². The Morgan fingerprint density at radius 3 is 2.61 bits per heavy atom. The van der Waals surface area contributed by atoms with Gasteiger partial charge in [0.25, 0.3) is 5.69 Å². The Morgan fingerprint density at radius 2 is 1.96 bits per heavy atom. The molecule has 1 atom stereocenters. The van der Waals surface area contributed by atoms with Gasteiger partial charge in [-0.1, -0.05) is 18.2 Å². The molecular formula is C16H15N3O4. The molecule has 1 aliphatic heterocycles. The number of rotatable bonds is 4. The zero-order chi connectivity index (χ0) is 16.4. The molecule has 0 saturated heterocycles. The Labute approximate surface area is 132 Å². The molecule has 0 bridgehead atoms. The third kappa shape index (κ3) is 3.14. The summed E-state index contributed by atoms with van der Waals surface area (Å²) in [5, 5.41) is 10.8. The Kier molecular flexibility index (Phi) is 3.94. The molecule has 2 aromatic carbocycles. The molecule has 1 aliphatic rings. The zero-order valence-electron chi connectivity index (χ0n) is 12.2. The van der Waals surface area contributed by atoms with E-state index in [1.54, 1.807) is 17.0 Å². The van der Waals surface area contributed by atoms with Gasteiger partial charge in [-0.3, -0.25) is 19.8 Å². The van der Waals surface area contributed by atoms with Gasteiger partial charge in [0.1, 0.15) is 5.75 Å². The van der Waals surface area contributed by atoms with E-state index in [1.165, 1.54) is 12.1 Å². The number of nitrogens with zero attached hydrogens (tertiary/aromatic N) is 2. The summed E-state index contributed by atoms with van der Waals surface area (Å²) in [6, 6.07) is 13.6. The number of nitro benzene ring substituents is 1. The molecule has 0 saturated carbocycles. The predicted octanol–water partition coefficient (Wildman–Crippen LogP) is 1.97. The van der Waals surface area contributed by atoms with Crippen LogP contribution in [0.4, 0.5) is 5.69 Å². The Hall–Kier alpha value is -2.93. The quantitative estimate of drug-likeness (QED) is 0.687. The van der Waals surface area contributed by atoms with Crippen molar-refractivity contribution in [3.63, 3.8) is 0 Å². The molecule has 2 aromatic rings. The van der Waals surface area contributed by atoms with Crippen LogP contribution in [-0.4, -0.2) is 22.3 Å². The molecule has 0 radical (unpaired) electrons. The second-order valence-corrected chi connectivity index (χ2v) is 5.30. The highest BCUT2D eigenvalue weighted by molar-refractivity contribution is 5.76. The van der Waals surface area contributed by atoms with Crippen LogP contribution in [0.5, 0.6) is 5.75 Å². The molecule has 0 fully saturated rings. The largest absolute Gasteiger partial charge is 0.471 e. The van der Waals surface area contributed by atoms with Crippen LogP contribution in [0.1, 0.15) is 17.4 Å². The van der Waals surface area contributed by atoms with E-state index in [1.807, 2.05) is 24.3 Å². The number of benzene rings is 2. The van der Waals surface area contributed by atoms with Crippen LogP contribution in [0.25, 0.3) is 0 Å². The van der Waals surface area contributed by atoms with Gasteiger partial charge in [0.2, 0.25) is 5.91 Å². The smallest absolute Gasteiger partial charge is 0.269 e. The van der Waals surface area contributed by atoms with Gasteiger partial charge in [-0.05, 0) is 18.2 Å². The number of carbonyl (C=O) groups is 1. The van der Waals surface area contributed by atoms with Crippen molar-refractivity contribution in [2.75, 3.05) is 6.54 Å². The highest BCUT2D eigenvalue weighted by Gasteiger charge is 2.29. The second kappa shape index (κ2) is 6.05. The summed E-state index contributed by atoms with van der Waals surface area (Å²) in [5.41, 5.74) is 7.02. The summed E-state index contributed by atoms with van der Waals surface area (Å²) >= 11 is 0. The monoisotopic (exact) mass is 313 g/mol. The van der Waals surface area contributed by atoms with Crippen LogP contribution in [0, 0.1) is 10.1 Å². The van der Waals surface area contributed by atoms with Gasteiger partial charge in [0.05, 0.1) is 11.5 Å². The summed E-state index contributed by atoms with van der Waals surface area (Å²) in [4.78, 5) is 23.4. The van der Waals surface area contributed by atoms with Gasteiger partial charge < -0.3 is 10.5 Å². The number of amides is 1. The standard InChI is InChI=1S/C16H15N3O4/c17-15(20)10-18-9-12-3-1-2-4-14(12)23-16(18)11-5-7-13(8-6-11)19(21)22/h1-8,16H,9-10H2,(H2,17,20). The topological polar surface area (TPSA) is 98.7 Å². The van der Waals surface area contributed by atoms with E-state index in [0.717, 1.165) is 16.9 Å². The lowest BCUT2D eigenvalue weighted by atomic mass is 10.1. The number of nitrogens with two attached hydrogens (primary N) is 1. The number of hydrogen-bond acceptors (Lipinski definition) is 5. The molecule has 7 nitrogen and oxygen atoms in total. The SMILES string of the molecule is NC(=O)CN1Cc2ccccc2OC1c1ccc([N+](=O)[O-])cc1. The first kappa shape index (κ1) is 15.0. The van der Waals surface area contributed by atoms with E-state index in [0.29, 0.717) is 6.54 Å². The predicted molar refractivity (Wildman–Crippen MR) is 82.5 cm³/mol. The molecule has 1 amide bonds. The van der Waals surface area contributed by atoms with Crippen molar-refractivity contribution < 1.29 is 14.5 Å². The van der Waals surface area contributed by atoms with Crippen LogP contribution in [-0.2, 0) is 11.3 Å². The number of ether oxygens (including phenoxy) is 1. The van der Waals surface area contributed by atoms with Gasteiger partial charge in [0, 0.05) is 29.8 Å². The Morgan fingerprint density at radius 1 is 1.26 bits per heavy atom. The third-order valence-electron chi connectivity index (χ3n) is 3.66. The first-order valence-electron chi connectivity index (χ1n) is 7.06. The number of nitro groups is 1. The van der Waals surface area contributed by atoms with E-state index >= 15 is 0 Å². The first-order chi connectivity index (χ1) is 11.0. The summed E-state index contributed by atoms with van der Waals surface area (Å²) in [6.07, 6.45) is -0.516. The maximum atomic E-state index is 11.3. The van der Waals surface area contributed by atoms with Gasteiger partial charge in [0.15, 0.2) is 6.23 Å². The minimum atomic E-state index is -0.516. The number of primary amides is 1. The molecule has 2 N–H and O–H groups in total. The van der Waals surface area contributed by atoms with Gasteiger partial charge in [-0.15, -0.1) is 0 Å². The molecule has 0 spiro atoms. The van der Waals surface area contributed by atoms with E-state index in [4.69, 9.17) is 10.5 Å². The molecule has 7 heteroatoms. The fourth-order valence-corrected chi connectivity index (χ4v) is 2.62. The first-order valence-corrected chi connectivity index (χ1v) is 7.06. The molecule has 0 aromatic heterocycles. The van der Waals surface area contributed by atoms with Crippen molar-refractivity contribution in [3.8, 4) is 5.75 Å². The van der Waals surface area contributed by atoms with Crippen molar-refractivity contribution in [2.45, 2.75) is 12.8 Å². The van der Waals surface area contributed by atoms with E-state index in [2.05, 4.69) is 0 Å². The number of fused-ring (bicyclic) bond motifs is 1. The van der Waals surface area contributed by atoms with Crippen LogP contribution in [0.15, 0.2) is 48.5 Å². The average Bonchev–Trinajstić information content (AvgIpc) is 2.54. The molecule has 0 aliphatic carbocycles. The van der Waals surface area contributed by atoms with E-state index in [9.17, 15) is 14.9 Å². The average molecular weight is 313 g/mol. The molecule has 1 heterocycles. The lowest BCUT2D eigenvalue weighted by molar-refractivity contribution is -0.384. The van der Waals surface area contributed by atoms with Gasteiger partial charge >= 0.3 is 0 Å². The molecular weight excluding hydrogens is 298 g/mol. The van der Waals surface area contributed by atoms with E-state index in [-0.39, 0.29) is 12.2 Å². The summed E-state index contributed by atoms with van der Waals surface area (Å²) in [6.45, 7) is 0.552. The van der Waals surface area contributed by atoms with Crippen LogP contribution in [0.3, 0.4) is 0 Å². The van der Waals surface area contributed by atoms with Crippen molar-refractivity contribution in [2.24, 2.45) is 5.73 Å². The van der Waals surface area contributed by atoms with Gasteiger partial charge in [-0.2, -0.15) is 0 Å². The molecule has 1 unspecified atom stereocenters. The number of non-ortho nitro benzene ring substituents is 1. The zero-order valence-corrected chi connectivity index (χ0v) is 12.2. The molecule has 23 heavy (non-hydrogen) atoms. The van der Waals surface area contributed by atoms with Crippen molar-refractivity contribution in [3.05, 3.63) is 69.8 Å². The summed E-state index contributed by atoms with van der Waals surface area (Å²) < 4.78 is 5.98. The maximum Gasteiger partial charge on any atom is 0.269 e. The molecule has 3 rings (SSSR count). The highest BCUT2D eigenvalue weighted by atomic mass is 16.6. The van der Waals surface area contributed by atoms with Crippen molar-refractivity contribution in [1.82, 2.24) is 4.90 Å². The van der Waals surface area contributed by atoms with E-state index < -0.39 is 17.1 Å². The lowest BCUT2D eigenvalue weighted by Crippen LogP contribution is -2.41. The lowest BCUT2D eigenvalue weighted by Gasteiger charge is -2.36. The Bertz CT molecular complexity index is 745. The summed E-state index contributed by atoms with van der Waals surface area (Å²) in [5.74, 6) is 0.275. The minimum Gasteiger partial charge on any atom is -0.471 e. The second-order valence-electron chi connectivity index (χ2n) is 5.30. The van der Waals surface area contributed by atoms with Crippen LogP contribution in [0.2, 0.25) is 0 Å². The minimum absolute atomic E-state index is 0.00594. The fourth-order valence-electron chi connectivity index (χ4n) is 2.62. The maximum absolute atomic E-state index is 11.3. The Balaban J connectivity index is 1.93. The fraction of sp³-hybridized carbons (Fsp3) is 0.188. The molecule has 118 valence electrons.